The molecular weight excluding hydrogens is 354 g/mol. The summed E-state index contributed by atoms with van der Waals surface area (Å²) in [6.07, 6.45) is 2.05. The van der Waals surface area contributed by atoms with Gasteiger partial charge in [0.05, 0.1) is 11.7 Å². The van der Waals surface area contributed by atoms with Crippen molar-refractivity contribution in [1.29, 1.82) is 0 Å². The Hall–Kier alpha value is -3.00. The molecule has 3 aromatic rings. The number of carboxylic acid groups (broad SMARTS) is 1. The number of anilines is 1. The SMILES string of the molecule is CCc1ccccc1NC(=O)Cn1cnc2sc(C(=O)O)c(C)c2c1=O. The lowest BCUT2D eigenvalue weighted by molar-refractivity contribution is -0.116. The van der Waals surface area contributed by atoms with E-state index in [1.54, 1.807) is 6.92 Å². The molecule has 1 aromatic carbocycles. The van der Waals surface area contributed by atoms with Gasteiger partial charge in [-0.1, -0.05) is 25.1 Å². The summed E-state index contributed by atoms with van der Waals surface area (Å²) >= 11 is 0.957. The lowest BCUT2D eigenvalue weighted by atomic mass is 10.1. The maximum Gasteiger partial charge on any atom is 0.346 e. The van der Waals surface area contributed by atoms with Crippen LogP contribution in [0.3, 0.4) is 0 Å². The summed E-state index contributed by atoms with van der Waals surface area (Å²) in [5.74, 6) is -1.44. The zero-order chi connectivity index (χ0) is 18.8. The number of rotatable bonds is 5. The van der Waals surface area contributed by atoms with Gasteiger partial charge in [0.2, 0.25) is 5.91 Å². The normalized spacial score (nSPS) is 10.8. The summed E-state index contributed by atoms with van der Waals surface area (Å²) in [5, 5.41) is 12.2. The Balaban J connectivity index is 1.90. The van der Waals surface area contributed by atoms with E-state index in [4.69, 9.17) is 0 Å². The number of thiophene rings is 1. The van der Waals surface area contributed by atoms with Gasteiger partial charge in [0, 0.05) is 5.69 Å². The van der Waals surface area contributed by atoms with Crippen molar-refractivity contribution in [2.75, 3.05) is 5.32 Å². The van der Waals surface area contributed by atoms with Gasteiger partial charge in [-0.25, -0.2) is 9.78 Å². The number of fused-ring (bicyclic) bond motifs is 1. The van der Waals surface area contributed by atoms with E-state index in [2.05, 4.69) is 10.3 Å². The molecule has 134 valence electrons. The second-order valence-electron chi connectivity index (χ2n) is 5.78. The first-order valence-electron chi connectivity index (χ1n) is 8.02. The molecule has 0 bridgehead atoms. The van der Waals surface area contributed by atoms with Gasteiger partial charge >= 0.3 is 5.97 Å². The highest BCUT2D eigenvalue weighted by Crippen LogP contribution is 2.26. The highest BCUT2D eigenvalue weighted by molar-refractivity contribution is 7.20. The third kappa shape index (κ3) is 3.23. The number of amides is 1. The van der Waals surface area contributed by atoms with Crippen LogP contribution in [0, 0.1) is 6.92 Å². The molecule has 1 amide bonds. The van der Waals surface area contributed by atoms with E-state index >= 15 is 0 Å². The van der Waals surface area contributed by atoms with Crippen LogP contribution in [-0.2, 0) is 17.8 Å². The van der Waals surface area contributed by atoms with Gasteiger partial charge in [0.25, 0.3) is 5.56 Å². The number of aromatic nitrogens is 2. The van der Waals surface area contributed by atoms with Crippen LogP contribution in [0.2, 0.25) is 0 Å². The third-order valence-corrected chi connectivity index (χ3v) is 5.29. The lowest BCUT2D eigenvalue weighted by Crippen LogP contribution is -2.28. The van der Waals surface area contributed by atoms with Gasteiger partial charge in [-0.05, 0) is 30.5 Å². The molecule has 0 spiro atoms. The number of carbonyl (C=O) groups excluding carboxylic acids is 1. The number of aryl methyl sites for hydroxylation is 2. The fraction of sp³-hybridized carbons (Fsp3) is 0.222. The van der Waals surface area contributed by atoms with E-state index in [9.17, 15) is 19.5 Å². The molecule has 7 nitrogen and oxygen atoms in total. The summed E-state index contributed by atoms with van der Waals surface area (Å²) in [5.41, 5.74) is 1.67. The minimum absolute atomic E-state index is 0.0867. The third-order valence-electron chi connectivity index (χ3n) is 4.10. The van der Waals surface area contributed by atoms with E-state index in [0.29, 0.717) is 16.1 Å². The highest BCUT2D eigenvalue weighted by atomic mass is 32.1. The molecule has 0 aliphatic rings. The fourth-order valence-electron chi connectivity index (χ4n) is 2.77. The molecule has 2 N–H and O–H groups in total. The number of nitrogens with one attached hydrogen (secondary N) is 1. The Kier molecular flexibility index (Phi) is 4.85. The van der Waals surface area contributed by atoms with Crippen molar-refractivity contribution in [2.24, 2.45) is 0 Å². The summed E-state index contributed by atoms with van der Waals surface area (Å²) in [7, 11) is 0. The quantitative estimate of drug-likeness (QED) is 0.718. The number of carbonyl (C=O) groups is 2. The van der Waals surface area contributed by atoms with Gasteiger partial charge in [0.15, 0.2) is 0 Å². The average Bonchev–Trinajstić information content (AvgIpc) is 2.95. The number of nitrogens with zero attached hydrogens (tertiary/aromatic N) is 2. The van der Waals surface area contributed by atoms with E-state index in [1.165, 1.54) is 10.9 Å². The summed E-state index contributed by atoms with van der Waals surface area (Å²) in [6, 6.07) is 7.47. The number of benzene rings is 1. The molecule has 26 heavy (non-hydrogen) atoms. The molecule has 2 heterocycles. The zero-order valence-corrected chi connectivity index (χ0v) is 15.1. The van der Waals surface area contributed by atoms with Crippen molar-refractivity contribution >= 4 is 39.1 Å². The number of hydrogen-bond donors (Lipinski definition) is 2. The predicted molar refractivity (Wildman–Crippen MR) is 100 cm³/mol. The van der Waals surface area contributed by atoms with Gasteiger partial charge in [-0.3, -0.25) is 14.2 Å². The smallest absolute Gasteiger partial charge is 0.346 e. The number of para-hydroxylation sites is 1. The molecule has 0 fully saturated rings. The molecule has 2 aromatic heterocycles. The van der Waals surface area contributed by atoms with Crippen LogP contribution in [0.15, 0.2) is 35.4 Å². The Morgan fingerprint density at radius 2 is 2.04 bits per heavy atom. The van der Waals surface area contributed by atoms with E-state index in [1.807, 2.05) is 31.2 Å². The van der Waals surface area contributed by atoms with Crippen LogP contribution in [-0.4, -0.2) is 26.5 Å². The van der Waals surface area contributed by atoms with Crippen LogP contribution in [0.5, 0.6) is 0 Å². The first-order chi connectivity index (χ1) is 12.4. The molecule has 3 rings (SSSR count). The molecule has 0 saturated carbocycles. The first kappa shape index (κ1) is 17.8. The van der Waals surface area contributed by atoms with Crippen molar-refractivity contribution < 1.29 is 14.7 Å². The van der Waals surface area contributed by atoms with Crippen molar-refractivity contribution in [3.8, 4) is 0 Å². The number of aromatic carboxylic acids is 1. The topological polar surface area (TPSA) is 101 Å². The molecular formula is C18H17N3O4S. The monoisotopic (exact) mass is 371 g/mol. The molecule has 0 atom stereocenters. The minimum atomic E-state index is -1.09. The van der Waals surface area contributed by atoms with Crippen molar-refractivity contribution in [1.82, 2.24) is 9.55 Å². The van der Waals surface area contributed by atoms with Crippen LogP contribution < -0.4 is 10.9 Å². The predicted octanol–water partition coefficient (Wildman–Crippen LogP) is 2.67. The van der Waals surface area contributed by atoms with Gasteiger partial charge in [-0.2, -0.15) is 0 Å². The van der Waals surface area contributed by atoms with E-state index in [0.717, 1.165) is 23.3 Å². The van der Waals surface area contributed by atoms with Crippen molar-refractivity contribution in [3.63, 3.8) is 0 Å². The van der Waals surface area contributed by atoms with Gasteiger partial charge in [-0.15, -0.1) is 11.3 Å². The maximum absolute atomic E-state index is 12.7. The molecule has 0 aliphatic carbocycles. The first-order valence-corrected chi connectivity index (χ1v) is 8.83. The van der Waals surface area contributed by atoms with Crippen LogP contribution >= 0.6 is 11.3 Å². The number of carboxylic acids is 1. The average molecular weight is 371 g/mol. The lowest BCUT2D eigenvalue weighted by Gasteiger charge is -2.10. The maximum atomic E-state index is 12.7. The van der Waals surface area contributed by atoms with Crippen molar-refractivity contribution in [3.05, 3.63) is 57.0 Å². The standard InChI is InChI=1S/C18H17N3O4S/c1-3-11-6-4-5-7-12(11)20-13(22)8-21-9-19-16-14(17(21)23)10(2)15(26-16)18(24)25/h4-7,9H,3,8H2,1-2H3,(H,20,22)(H,24,25). The van der Waals surface area contributed by atoms with E-state index < -0.39 is 11.5 Å². The Morgan fingerprint density at radius 1 is 1.31 bits per heavy atom. The minimum Gasteiger partial charge on any atom is -0.477 e. The van der Waals surface area contributed by atoms with Gasteiger partial charge < -0.3 is 10.4 Å². The molecule has 0 radical (unpaired) electrons. The highest BCUT2D eigenvalue weighted by Gasteiger charge is 2.19. The Morgan fingerprint density at radius 3 is 2.73 bits per heavy atom. The zero-order valence-electron chi connectivity index (χ0n) is 14.3. The summed E-state index contributed by atoms with van der Waals surface area (Å²) < 4.78 is 1.19. The molecule has 0 saturated heterocycles. The number of hydrogen-bond acceptors (Lipinski definition) is 5. The summed E-state index contributed by atoms with van der Waals surface area (Å²) in [6.45, 7) is 3.37. The van der Waals surface area contributed by atoms with Gasteiger partial charge in [0.1, 0.15) is 16.3 Å². The van der Waals surface area contributed by atoms with Crippen LogP contribution in [0.1, 0.15) is 27.7 Å². The Bertz CT molecular complexity index is 1070. The summed E-state index contributed by atoms with van der Waals surface area (Å²) in [4.78, 5) is 40.8. The van der Waals surface area contributed by atoms with Crippen molar-refractivity contribution in [2.45, 2.75) is 26.8 Å². The van der Waals surface area contributed by atoms with E-state index in [-0.39, 0.29) is 22.7 Å². The molecule has 0 aliphatic heterocycles. The van der Waals surface area contributed by atoms with Crippen LogP contribution in [0.4, 0.5) is 5.69 Å². The fourth-order valence-corrected chi connectivity index (χ4v) is 3.75. The Labute approximate surface area is 152 Å². The molecule has 0 unspecified atom stereocenters. The molecule has 8 heteroatoms. The largest absolute Gasteiger partial charge is 0.477 e. The second kappa shape index (κ2) is 7.09. The van der Waals surface area contributed by atoms with Crippen LogP contribution in [0.25, 0.3) is 10.2 Å². The second-order valence-corrected chi connectivity index (χ2v) is 6.78.